The van der Waals surface area contributed by atoms with Gasteiger partial charge in [0.05, 0.1) is 5.56 Å². The van der Waals surface area contributed by atoms with Crippen molar-refractivity contribution in [3.63, 3.8) is 0 Å². The molecule has 0 unspecified atom stereocenters. The number of aromatic carboxylic acids is 1. The molecule has 1 fully saturated rings. The Hall–Kier alpha value is -2.36. The summed E-state index contributed by atoms with van der Waals surface area (Å²) < 4.78 is 5.84. The molecule has 22 heavy (non-hydrogen) atoms. The van der Waals surface area contributed by atoms with E-state index in [9.17, 15) is 9.90 Å². The van der Waals surface area contributed by atoms with Crippen molar-refractivity contribution in [1.29, 1.82) is 0 Å². The molecule has 0 saturated heterocycles. The Kier molecular flexibility index (Phi) is 3.84. The van der Waals surface area contributed by atoms with E-state index in [2.05, 4.69) is 4.98 Å². The molecule has 0 amide bonds. The first kappa shape index (κ1) is 14.6. The van der Waals surface area contributed by atoms with Crippen LogP contribution < -0.4 is 4.74 Å². The third kappa shape index (κ3) is 2.96. The molecule has 4 nitrogen and oxygen atoms in total. The summed E-state index contributed by atoms with van der Waals surface area (Å²) in [5.74, 6) is 0.140. The van der Waals surface area contributed by atoms with E-state index in [1.807, 2.05) is 38.1 Å². The van der Waals surface area contributed by atoms with E-state index in [4.69, 9.17) is 4.74 Å². The van der Waals surface area contributed by atoms with Crippen molar-refractivity contribution in [2.75, 3.05) is 0 Å². The second kappa shape index (κ2) is 5.79. The van der Waals surface area contributed by atoms with Gasteiger partial charge in [-0.25, -0.2) is 9.78 Å². The zero-order chi connectivity index (χ0) is 15.7. The van der Waals surface area contributed by atoms with Crippen LogP contribution in [0.3, 0.4) is 0 Å². The Labute approximate surface area is 129 Å². The van der Waals surface area contributed by atoms with Gasteiger partial charge in [0, 0.05) is 16.8 Å². The number of nitrogens with zero attached hydrogens (tertiary/aromatic N) is 1. The number of hydrogen-bond donors (Lipinski definition) is 1. The van der Waals surface area contributed by atoms with Crippen LogP contribution in [0.2, 0.25) is 0 Å². The lowest BCUT2D eigenvalue weighted by Gasteiger charge is -2.14. The fourth-order valence-corrected chi connectivity index (χ4v) is 2.63. The molecule has 1 aromatic carbocycles. The van der Waals surface area contributed by atoms with Gasteiger partial charge >= 0.3 is 5.97 Å². The Bertz CT molecular complexity index is 720. The van der Waals surface area contributed by atoms with Crippen molar-refractivity contribution in [3.05, 3.63) is 58.3 Å². The average Bonchev–Trinajstić information content (AvgIpc) is 3.32. The monoisotopic (exact) mass is 297 g/mol. The summed E-state index contributed by atoms with van der Waals surface area (Å²) in [5.41, 5.74) is 4.04. The number of pyridine rings is 1. The number of carbonyl (C=O) groups is 1. The minimum absolute atomic E-state index is 0.242. The van der Waals surface area contributed by atoms with Crippen molar-refractivity contribution in [3.8, 4) is 5.88 Å². The molecule has 4 heteroatoms. The number of ether oxygens (including phenoxy) is 1. The van der Waals surface area contributed by atoms with Crippen LogP contribution in [0.15, 0.2) is 30.3 Å². The fraction of sp³-hybridized carbons (Fsp3) is 0.333. The molecule has 0 bridgehead atoms. The standard InChI is InChI=1S/C18H19NO3/c1-11-6-7-12(2)19-17(11)22-10-16-14(13-8-9-13)4-3-5-15(16)18(20)21/h3-7,13H,8-10H2,1-2H3,(H,20,21). The summed E-state index contributed by atoms with van der Waals surface area (Å²) in [6, 6.07) is 9.37. The zero-order valence-electron chi connectivity index (χ0n) is 12.8. The highest BCUT2D eigenvalue weighted by molar-refractivity contribution is 5.89. The summed E-state index contributed by atoms with van der Waals surface area (Å²) in [5, 5.41) is 9.42. The van der Waals surface area contributed by atoms with Crippen LogP contribution in [0, 0.1) is 13.8 Å². The second-order valence-corrected chi connectivity index (χ2v) is 5.82. The fourth-order valence-electron chi connectivity index (χ4n) is 2.63. The Morgan fingerprint density at radius 3 is 2.73 bits per heavy atom. The molecule has 2 aromatic rings. The van der Waals surface area contributed by atoms with Crippen LogP contribution in [0.5, 0.6) is 5.88 Å². The van der Waals surface area contributed by atoms with Crippen LogP contribution >= 0.6 is 0 Å². The van der Waals surface area contributed by atoms with E-state index in [1.54, 1.807) is 6.07 Å². The largest absolute Gasteiger partial charge is 0.478 e. The predicted octanol–water partition coefficient (Wildman–Crippen LogP) is 3.85. The minimum Gasteiger partial charge on any atom is -0.478 e. The summed E-state index contributed by atoms with van der Waals surface area (Å²) in [6.07, 6.45) is 2.25. The van der Waals surface area contributed by atoms with Crippen molar-refractivity contribution in [2.45, 2.75) is 39.2 Å². The molecule has 1 aromatic heterocycles. The van der Waals surface area contributed by atoms with E-state index in [0.29, 0.717) is 17.4 Å². The molecule has 3 rings (SSSR count). The molecular weight excluding hydrogens is 278 g/mol. The third-order valence-corrected chi connectivity index (χ3v) is 4.00. The summed E-state index contributed by atoms with van der Waals surface area (Å²) in [6.45, 7) is 4.09. The van der Waals surface area contributed by atoms with E-state index in [1.165, 1.54) is 0 Å². The molecule has 0 atom stereocenters. The van der Waals surface area contributed by atoms with Crippen molar-refractivity contribution in [2.24, 2.45) is 0 Å². The van der Waals surface area contributed by atoms with Gasteiger partial charge in [0.15, 0.2) is 0 Å². The number of benzene rings is 1. The predicted molar refractivity (Wildman–Crippen MR) is 83.4 cm³/mol. The van der Waals surface area contributed by atoms with Gasteiger partial charge in [-0.15, -0.1) is 0 Å². The maximum absolute atomic E-state index is 11.5. The zero-order valence-corrected chi connectivity index (χ0v) is 12.8. The maximum atomic E-state index is 11.5. The van der Waals surface area contributed by atoms with Gasteiger partial charge in [-0.1, -0.05) is 18.2 Å². The second-order valence-electron chi connectivity index (χ2n) is 5.82. The van der Waals surface area contributed by atoms with Gasteiger partial charge in [0.2, 0.25) is 5.88 Å². The first-order valence-electron chi connectivity index (χ1n) is 7.48. The first-order chi connectivity index (χ1) is 10.6. The van der Waals surface area contributed by atoms with Gasteiger partial charge in [0.1, 0.15) is 6.61 Å². The van der Waals surface area contributed by atoms with Crippen molar-refractivity contribution < 1.29 is 14.6 Å². The smallest absolute Gasteiger partial charge is 0.336 e. The number of aromatic nitrogens is 1. The summed E-state index contributed by atoms with van der Waals surface area (Å²) in [4.78, 5) is 15.9. The van der Waals surface area contributed by atoms with E-state index >= 15 is 0 Å². The molecule has 1 aliphatic carbocycles. The van der Waals surface area contributed by atoms with Gasteiger partial charge < -0.3 is 9.84 Å². The van der Waals surface area contributed by atoms with Gasteiger partial charge in [-0.2, -0.15) is 0 Å². The SMILES string of the molecule is Cc1ccc(C)c(OCc2c(C(=O)O)cccc2C2CC2)n1. The van der Waals surface area contributed by atoms with Gasteiger partial charge in [-0.05, 0) is 50.3 Å². The highest BCUT2D eigenvalue weighted by Crippen LogP contribution is 2.42. The normalized spacial score (nSPS) is 13.9. The van der Waals surface area contributed by atoms with E-state index in [-0.39, 0.29) is 6.61 Å². The molecule has 0 aliphatic heterocycles. The van der Waals surface area contributed by atoms with Crippen LogP contribution in [-0.4, -0.2) is 16.1 Å². The Morgan fingerprint density at radius 1 is 1.27 bits per heavy atom. The maximum Gasteiger partial charge on any atom is 0.336 e. The third-order valence-electron chi connectivity index (χ3n) is 4.00. The Balaban J connectivity index is 1.91. The number of aryl methyl sites for hydroxylation is 2. The molecule has 0 spiro atoms. The number of carboxylic acids is 1. The lowest BCUT2D eigenvalue weighted by atomic mass is 9.98. The van der Waals surface area contributed by atoms with Gasteiger partial charge in [-0.3, -0.25) is 0 Å². The summed E-state index contributed by atoms with van der Waals surface area (Å²) >= 11 is 0. The van der Waals surface area contributed by atoms with Gasteiger partial charge in [0.25, 0.3) is 0 Å². The summed E-state index contributed by atoms with van der Waals surface area (Å²) in [7, 11) is 0. The van der Waals surface area contributed by atoms with Crippen LogP contribution in [-0.2, 0) is 6.61 Å². The molecule has 1 heterocycles. The molecule has 1 saturated carbocycles. The average molecular weight is 297 g/mol. The molecule has 1 aliphatic rings. The highest BCUT2D eigenvalue weighted by atomic mass is 16.5. The number of carboxylic acid groups (broad SMARTS) is 1. The van der Waals surface area contributed by atoms with Crippen LogP contribution in [0.4, 0.5) is 0 Å². The van der Waals surface area contributed by atoms with Crippen LogP contribution in [0.25, 0.3) is 0 Å². The van der Waals surface area contributed by atoms with Crippen molar-refractivity contribution >= 4 is 5.97 Å². The number of rotatable bonds is 5. The minimum atomic E-state index is -0.907. The molecular formula is C18H19NO3. The lowest BCUT2D eigenvalue weighted by molar-refractivity contribution is 0.0693. The Morgan fingerprint density at radius 2 is 2.05 bits per heavy atom. The molecule has 114 valence electrons. The first-order valence-corrected chi connectivity index (χ1v) is 7.48. The number of hydrogen-bond acceptors (Lipinski definition) is 3. The van der Waals surface area contributed by atoms with E-state index in [0.717, 1.165) is 35.2 Å². The molecule has 1 N–H and O–H groups in total. The van der Waals surface area contributed by atoms with Crippen molar-refractivity contribution in [1.82, 2.24) is 4.98 Å². The molecule has 0 radical (unpaired) electrons. The highest BCUT2D eigenvalue weighted by Gasteiger charge is 2.28. The topological polar surface area (TPSA) is 59.4 Å². The van der Waals surface area contributed by atoms with Crippen LogP contribution in [0.1, 0.15) is 51.5 Å². The quantitative estimate of drug-likeness (QED) is 0.910. The van der Waals surface area contributed by atoms with E-state index < -0.39 is 5.97 Å². The lowest BCUT2D eigenvalue weighted by Crippen LogP contribution is -2.09.